The van der Waals surface area contributed by atoms with E-state index in [0.717, 1.165) is 5.56 Å². The van der Waals surface area contributed by atoms with Crippen LogP contribution in [-0.2, 0) is 16.0 Å². The summed E-state index contributed by atoms with van der Waals surface area (Å²) in [5.41, 5.74) is -1.43. The van der Waals surface area contributed by atoms with Crippen LogP contribution in [-0.4, -0.2) is 44.2 Å². The maximum atomic E-state index is 12.8. The number of esters is 1. The van der Waals surface area contributed by atoms with Crippen molar-refractivity contribution < 1.29 is 19.4 Å². The molecule has 0 radical (unpaired) electrons. The summed E-state index contributed by atoms with van der Waals surface area (Å²) in [6.45, 7) is 6.36. The minimum absolute atomic E-state index is 0.102. The number of hydrogen-bond donors (Lipinski definition) is 2. The van der Waals surface area contributed by atoms with Gasteiger partial charge in [-0.1, -0.05) is 30.3 Å². The zero-order chi connectivity index (χ0) is 20.1. The number of carbonyl (C=O) groups is 2. The first-order chi connectivity index (χ1) is 12.6. The van der Waals surface area contributed by atoms with E-state index in [1.807, 2.05) is 30.3 Å². The van der Waals surface area contributed by atoms with Crippen LogP contribution in [0.4, 0.5) is 0 Å². The Balaban J connectivity index is 2.21. The van der Waals surface area contributed by atoms with E-state index in [4.69, 9.17) is 4.74 Å². The van der Waals surface area contributed by atoms with Crippen molar-refractivity contribution in [3.8, 4) is 0 Å². The lowest BCUT2D eigenvalue weighted by atomic mass is 9.89. The Bertz CT molecular complexity index is 771. The molecule has 1 amide bonds. The summed E-state index contributed by atoms with van der Waals surface area (Å²) in [5, 5.41) is 12.9. The van der Waals surface area contributed by atoms with Crippen molar-refractivity contribution in [2.75, 3.05) is 0 Å². The van der Waals surface area contributed by atoms with Crippen LogP contribution < -0.4 is 5.32 Å². The molecule has 1 heterocycles. The number of carbonyl (C=O) groups excluding carboxylic acids is 2. The highest BCUT2D eigenvalue weighted by atomic mass is 16.6. The molecule has 0 aliphatic carbocycles. The van der Waals surface area contributed by atoms with E-state index in [1.165, 1.54) is 18.6 Å². The highest BCUT2D eigenvalue weighted by Gasteiger charge is 2.40. The molecule has 0 spiro atoms. The summed E-state index contributed by atoms with van der Waals surface area (Å²) < 4.78 is 5.53. The molecule has 2 aromatic rings. The van der Waals surface area contributed by atoms with Crippen molar-refractivity contribution in [2.45, 2.75) is 51.4 Å². The Morgan fingerprint density at radius 3 is 2.37 bits per heavy atom. The van der Waals surface area contributed by atoms with Crippen molar-refractivity contribution in [2.24, 2.45) is 0 Å². The van der Waals surface area contributed by atoms with Gasteiger partial charge in [-0.15, -0.1) is 0 Å². The quantitative estimate of drug-likeness (QED) is 0.721. The van der Waals surface area contributed by atoms with Gasteiger partial charge in [0.2, 0.25) is 0 Å². The van der Waals surface area contributed by atoms with Gasteiger partial charge in [-0.3, -0.25) is 9.78 Å². The lowest BCUT2D eigenvalue weighted by Gasteiger charge is -2.37. The standard InChI is InChI=1S/C20H25N3O4/c1-19(2,26)20(3,4)27-18(25)15(12-14-8-6-5-7-9-14)23-17(24)16-13-21-10-11-22-16/h5-11,13,15,26H,12H2,1-4H3,(H,23,24)/t15-/m0/s1. The van der Waals surface area contributed by atoms with Crippen LogP contribution in [0.1, 0.15) is 43.7 Å². The molecule has 27 heavy (non-hydrogen) atoms. The van der Waals surface area contributed by atoms with Gasteiger partial charge < -0.3 is 15.2 Å². The van der Waals surface area contributed by atoms with E-state index < -0.39 is 29.1 Å². The number of hydrogen-bond acceptors (Lipinski definition) is 6. The number of nitrogens with zero attached hydrogens (tertiary/aromatic N) is 2. The van der Waals surface area contributed by atoms with E-state index >= 15 is 0 Å². The first kappa shape index (κ1) is 20.5. The Labute approximate surface area is 158 Å². The molecule has 1 aromatic carbocycles. The van der Waals surface area contributed by atoms with Gasteiger partial charge in [0.1, 0.15) is 17.3 Å². The topological polar surface area (TPSA) is 101 Å². The van der Waals surface area contributed by atoms with E-state index in [9.17, 15) is 14.7 Å². The lowest BCUT2D eigenvalue weighted by molar-refractivity contribution is -0.182. The van der Waals surface area contributed by atoms with Crippen LogP contribution in [0.25, 0.3) is 0 Å². The monoisotopic (exact) mass is 371 g/mol. The lowest BCUT2D eigenvalue weighted by Crippen LogP contribution is -2.52. The number of amides is 1. The number of ether oxygens (including phenoxy) is 1. The molecule has 0 saturated carbocycles. The predicted octanol–water partition coefficient (Wildman–Crippen LogP) is 1.91. The minimum Gasteiger partial charge on any atom is -0.455 e. The molecule has 2 N–H and O–H groups in total. The smallest absolute Gasteiger partial charge is 0.329 e. The number of aliphatic hydroxyl groups is 1. The zero-order valence-electron chi connectivity index (χ0n) is 16.0. The second-order valence-corrected chi connectivity index (χ2v) is 7.30. The van der Waals surface area contributed by atoms with Crippen LogP contribution in [0.15, 0.2) is 48.9 Å². The summed E-state index contributed by atoms with van der Waals surface area (Å²) in [6.07, 6.45) is 4.42. The fraction of sp³-hybridized carbons (Fsp3) is 0.400. The van der Waals surface area contributed by atoms with Crippen LogP contribution >= 0.6 is 0 Å². The Kier molecular flexibility index (Phi) is 6.28. The molecule has 7 nitrogen and oxygen atoms in total. The Morgan fingerprint density at radius 2 is 1.81 bits per heavy atom. The molecule has 0 saturated heterocycles. The maximum absolute atomic E-state index is 12.8. The molecular weight excluding hydrogens is 346 g/mol. The number of rotatable bonds is 7. The van der Waals surface area contributed by atoms with Gasteiger partial charge in [-0.25, -0.2) is 9.78 Å². The molecule has 144 valence electrons. The normalized spacial score (nSPS) is 12.9. The van der Waals surface area contributed by atoms with Gasteiger partial charge >= 0.3 is 5.97 Å². The van der Waals surface area contributed by atoms with Gasteiger partial charge in [-0.05, 0) is 33.3 Å². The Hall–Kier alpha value is -2.80. The van der Waals surface area contributed by atoms with Crippen molar-refractivity contribution in [3.05, 3.63) is 60.2 Å². The van der Waals surface area contributed by atoms with Gasteiger partial charge in [0.05, 0.1) is 11.8 Å². The number of nitrogens with one attached hydrogen (secondary N) is 1. The molecule has 1 aromatic heterocycles. The molecule has 7 heteroatoms. The first-order valence-corrected chi connectivity index (χ1v) is 8.66. The highest BCUT2D eigenvalue weighted by Crippen LogP contribution is 2.25. The minimum atomic E-state index is -1.26. The molecule has 0 aliphatic heterocycles. The molecule has 0 bridgehead atoms. The van der Waals surface area contributed by atoms with Crippen molar-refractivity contribution in [1.29, 1.82) is 0 Å². The van der Waals surface area contributed by atoms with E-state index in [2.05, 4.69) is 15.3 Å². The van der Waals surface area contributed by atoms with Crippen LogP contribution in [0, 0.1) is 0 Å². The second-order valence-electron chi connectivity index (χ2n) is 7.30. The maximum Gasteiger partial charge on any atom is 0.329 e. The molecule has 0 aliphatic rings. The van der Waals surface area contributed by atoms with E-state index in [-0.39, 0.29) is 12.1 Å². The van der Waals surface area contributed by atoms with Gasteiger partial charge in [0, 0.05) is 18.8 Å². The third kappa shape index (κ3) is 5.59. The molecule has 1 atom stereocenters. The Morgan fingerprint density at radius 1 is 1.15 bits per heavy atom. The third-order valence-electron chi connectivity index (χ3n) is 4.50. The summed E-state index contributed by atoms with van der Waals surface area (Å²) >= 11 is 0. The SMILES string of the molecule is CC(C)(O)C(C)(C)OC(=O)[C@H](Cc1ccccc1)NC(=O)c1cnccn1. The van der Waals surface area contributed by atoms with Crippen molar-refractivity contribution in [3.63, 3.8) is 0 Å². The largest absolute Gasteiger partial charge is 0.455 e. The first-order valence-electron chi connectivity index (χ1n) is 8.66. The number of benzene rings is 1. The number of aromatic nitrogens is 2. The summed E-state index contributed by atoms with van der Waals surface area (Å²) in [7, 11) is 0. The average molecular weight is 371 g/mol. The second kappa shape index (κ2) is 8.26. The summed E-state index contributed by atoms with van der Waals surface area (Å²) in [6, 6.07) is 8.34. The zero-order valence-corrected chi connectivity index (χ0v) is 16.0. The van der Waals surface area contributed by atoms with Gasteiger partial charge in [-0.2, -0.15) is 0 Å². The fourth-order valence-corrected chi connectivity index (χ4v) is 2.14. The van der Waals surface area contributed by atoms with Crippen molar-refractivity contribution in [1.82, 2.24) is 15.3 Å². The molecule has 2 rings (SSSR count). The molecule has 0 fully saturated rings. The highest BCUT2D eigenvalue weighted by molar-refractivity contribution is 5.95. The summed E-state index contributed by atoms with van der Waals surface area (Å²) in [5.74, 6) is -1.16. The molecular formula is C20H25N3O4. The summed E-state index contributed by atoms with van der Waals surface area (Å²) in [4.78, 5) is 33.0. The third-order valence-corrected chi connectivity index (χ3v) is 4.50. The fourth-order valence-electron chi connectivity index (χ4n) is 2.14. The van der Waals surface area contributed by atoms with Gasteiger partial charge in [0.15, 0.2) is 0 Å². The van der Waals surface area contributed by atoms with E-state index in [1.54, 1.807) is 27.7 Å². The van der Waals surface area contributed by atoms with Crippen molar-refractivity contribution >= 4 is 11.9 Å². The van der Waals surface area contributed by atoms with E-state index in [0.29, 0.717) is 0 Å². The van der Waals surface area contributed by atoms with Crippen LogP contribution in [0.5, 0.6) is 0 Å². The van der Waals surface area contributed by atoms with Gasteiger partial charge in [0.25, 0.3) is 5.91 Å². The average Bonchev–Trinajstić information content (AvgIpc) is 2.61. The van der Waals surface area contributed by atoms with Crippen LogP contribution in [0.3, 0.4) is 0 Å². The van der Waals surface area contributed by atoms with Crippen LogP contribution in [0.2, 0.25) is 0 Å². The predicted molar refractivity (Wildman–Crippen MR) is 99.9 cm³/mol. The molecule has 0 unspecified atom stereocenters.